The van der Waals surface area contributed by atoms with Gasteiger partial charge in [-0.25, -0.2) is 0 Å². The third-order valence-electron chi connectivity index (χ3n) is 6.30. The van der Waals surface area contributed by atoms with Gasteiger partial charge in [-0.3, -0.25) is 19.3 Å². The highest BCUT2D eigenvalue weighted by Crippen LogP contribution is 2.25. The average Bonchev–Trinajstić information content (AvgIpc) is 3.17. The molecule has 0 saturated carbocycles. The van der Waals surface area contributed by atoms with Gasteiger partial charge in [0, 0.05) is 44.1 Å². The minimum Gasteiger partial charge on any atom is -0.347 e. The molecule has 0 bridgehead atoms. The SMILES string of the molecule is CCc1cc(C(=O)NCc2c(C)ncc3c2CCN(C(=O)c2cc(C)cc(C)c2)C3)n(C)n1. The summed E-state index contributed by atoms with van der Waals surface area (Å²) in [5, 5.41) is 7.40. The number of nitrogens with one attached hydrogen (secondary N) is 1. The van der Waals surface area contributed by atoms with Crippen LogP contribution in [-0.2, 0) is 33.0 Å². The molecule has 3 aromatic rings. The maximum atomic E-state index is 13.1. The molecule has 1 aliphatic heterocycles. The van der Waals surface area contributed by atoms with Gasteiger partial charge in [-0.2, -0.15) is 5.10 Å². The first-order valence-corrected chi connectivity index (χ1v) is 11.4. The fraction of sp³-hybridized carbons (Fsp3) is 0.385. The van der Waals surface area contributed by atoms with Crippen LogP contribution in [0.5, 0.6) is 0 Å². The Morgan fingerprint density at radius 3 is 2.48 bits per heavy atom. The summed E-state index contributed by atoms with van der Waals surface area (Å²) in [6, 6.07) is 7.80. The molecule has 0 radical (unpaired) electrons. The standard InChI is InChI=1S/C26H31N5O2/c1-6-21-12-24(30(5)29-21)25(32)28-14-23-18(4)27-13-20-15-31(8-7-22(20)23)26(33)19-10-16(2)9-17(3)11-19/h9-13H,6-8,14-15H2,1-5H3,(H,28,32). The Hall–Kier alpha value is -3.48. The van der Waals surface area contributed by atoms with E-state index >= 15 is 0 Å². The van der Waals surface area contributed by atoms with E-state index in [0.29, 0.717) is 25.3 Å². The number of carbonyl (C=O) groups is 2. The molecule has 0 fully saturated rings. The van der Waals surface area contributed by atoms with Crippen molar-refractivity contribution < 1.29 is 9.59 Å². The lowest BCUT2D eigenvalue weighted by atomic mass is 9.94. The van der Waals surface area contributed by atoms with Crippen molar-refractivity contribution in [2.45, 2.75) is 53.6 Å². The number of rotatable bonds is 5. The minimum absolute atomic E-state index is 0.0470. The van der Waals surface area contributed by atoms with Crippen molar-refractivity contribution in [2.75, 3.05) is 6.54 Å². The lowest BCUT2D eigenvalue weighted by Crippen LogP contribution is -2.37. The predicted molar refractivity (Wildman–Crippen MR) is 127 cm³/mol. The summed E-state index contributed by atoms with van der Waals surface area (Å²) in [7, 11) is 1.78. The molecule has 0 aliphatic carbocycles. The largest absolute Gasteiger partial charge is 0.347 e. The Morgan fingerprint density at radius 1 is 1.09 bits per heavy atom. The monoisotopic (exact) mass is 445 g/mol. The maximum Gasteiger partial charge on any atom is 0.269 e. The summed E-state index contributed by atoms with van der Waals surface area (Å²) >= 11 is 0. The first kappa shape index (κ1) is 22.7. The van der Waals surface area contributed by atoms with Crippen molar-refractivity contribution in [3.63, 3.8) is 0 Å². The molecule has 2 amide bonds. The topological polar surface area (TPSA) is 80.1 Å². The second-order valence-corrected chi connectivity index (χ2v) is 8.86. The van der Waals surface area contributed by atoms with Crippen molar-refractivity contribution in [1.82, 2.24) is 25.0 Å². The van der Waals surface area contributed by atoms with Crippen LogP contribution in [0.4, 0.5) is 0 Å². The zero-order valence-corrected chi connectivity index (χ0v) is 20.0. The molecular formula is C26H31N5O2. The fourth-order valence-electron chi connectivity index (χ4n) is 4.58. The van der Waals surface area contributed by atoms with E-state index in [0.717, 1.165) is 52.0 Å². The van der Waals surface area contributed by atoms with Crippen LogP contribution in [-0.4, -0.2) is 38.0 Å². The first-order valence-electron chi connectivity index (χ1n) is 11.4. The third kappa shape index (κ3) is 4.67. The number of fused-ring (bicyclic) bond motifs is 1. The van der Waals surface area contributed by atoms with E-state index in [-0.39, 0.29) is 11.8 Å². The molecule has 1 N–H and O–H groups in total. The van der Waals surface area contributed by atoms with Crippen molar-refractivity contribution in [2.24, 2.45) is 7.05 Å². The van der Waals surface area contributed by atoms with Gasteiger partial charge in [0.2, 0.25) is 0 Å². The first-order chi connectivity index (χ1) is 15.8. The highest BCUT2D eigenvalue weighted by atomic mass is 16.2. The van der Waals surface area contributed by atoms with Gasteiger partial charge in [-0.1, -0.05) is 24.1 Å². The summed E-state index contributed by atoms with van der Waals surface area (Å²) < 4.78 is 1.62. The number of aryl methyl sites for hydroxylation is 5. The zero-order valence-electron chi connectivity index (χ0n) is 20.0. The van der Waals surface area contributed by atoms with Gasteiger partial charge in [0.1, 0.15) is 5.69 Å². The van der Waals surface area contributed by atoms with Crippen LogP contribution in [0.25, 0.3) is 0 Å². The quantitative estimate of drug-likeness (QED) is 0.653. The van der Waals surface area contributed by atoms with Gasteiger partial charge in [0.05, 0.1) is 5.69 Å². The molecule has 4 rings (SSSR count). The lowest BCUT2D eigenvalue weighted by molar-refractivity contribution is 0.0734. The lowest BCUT2D eigenvalue weighted by Gasteiger charge is -2.31. The molecule has 7 nitrogen and oxygen atoms in total. The zero-order chi connectivity index (χ0) is 23.7. The number of carbonyl (C=O) groups excluding carboxylic acids is 2. The number of benzene rings is 1. The fourth-order valence-corrected chi connectivity index (χ4v) is 4.58. The highest BCUT2D eigenvalue weighted by Gasteiger charge is 2.25. The summed E-state index contributed by atoms with van der Waals surface area (Å²) in [4.78, 5) is 32.3. The normalized spacial score (nSPS) is 13.1. The van der Waals surface area contributed by atoms with E-state index in [1.54, 1.807) is 11.7 Å². The van der Waals surface area contributed by atoms with E-state index in [4.69, 9.17) is 0 Å². The van der Waals surface area contributed by atoms with E-state index < -0.39 is 0 Å². The molecule has 0 unspecified atom stereocenters. The molecule has 0 atom stereocenters. The Bertz CT molecular complexity index is 1210. The molecule has 1 aliphatic rings. The number of hydrogen-bond acceptors (Lipinski definition) is 4. The molecule has 2 aromatic heterocycles. The van der Waals surface area contributed by atoms with Crippen LogP contribution in [0.1, 0.15) is 67.0 Å². The van der Waals surface area contributed by atoms with Crippen molar-refractivity contribution in [3.8, 4) is 0 Å². The molecule has 0 spiro atoms. The smallest absolute Gasteiger partial charge is 0.269 e. The average molecular weight is 446 g/mol. The van der Waals surface area contributed by atoms with Gasteiger partial charge in [0.15, 0.2) is 0 Å². The van der Waals surface area contributed by atoms with Crippen molar-refractivity contribution in [1.29, 1.82) is 0 Å². The highest BCUT2D eigenvalue weighted by molar-refractivity contribution is 5.95. The molecule has 3 heterocycles. The maximum absolute atomic E-state index is 13.1. The second-order valence-electron chi connectivity index (χ2n) is 8.86. The van der Waals surface area contributed by atoms with Gasteiger partial charge >= 0.3 is 0 Å². The van der Waals surface area contributed by atoms with Crippen molar-refractivity contribution in [3.05, 3.63) is 80.9 Å². The number of hydrogen-bond donors (Lipinski definition) is 1. The van der Waals surface area contributed by atoms with E-state index in [2.05, 4.69) is 21.5 Å². The summed E-state index contributed by atoms with van der Waals surface area (Å²) in [6.45, 7) is 9.58. The molecular weight excluding hydrogens is 414 g/mol. The van der Waals surface area contributed by atoms with Crippen molar-refractivity contribution >= 4 is 11.8 Å². The van der Waals surface area contributed by atoms with Crippen LogP contribution in [0.3, 0.4) is 0 Å². The Balaban J connectivity index is 1.51. The Morgan fingerprint density at radius 2 is 1.82 bits per heavy atom. The van der Waals surface area contributed by atoms with E-state index in [1.165, 1.54) is 5.56 Å². The van der Waals surface area contributed by atoms with Crippen LogP contribution < -0.4 is 5.32 Å². The Kier molecular flexibility index (Phi) is 6.31. The minimum atomic E-state index is -0.149. The van der Waals surface area contributed by atoms with Crippen LogP contribution in [0.15, 0.2) is 30.5 Å². The van der Waals surface area contributed by atoms with E-state index in [9.17, 15) is 9.59 Å². The molecule has 172 valence electrons. The summed E-state index contributed by atoms with van der Waals surface area (Å²) in [5.74, 6) is -0.102. The van der Waals surface area contributed by atoms with Crippen LogP contribution in [0.2, 0.25) is 0 Å². The van der Waals surface area contributed by atoms with Gasteiger partial charge in [-0.05, 0) is 68.5 Å². The predicted octanol–water partition coefficient (Wildman–Crippen LogP) is 3.43. The van der Waals surface area contributed by atoms with E-state index in [1.807, 2.05) is 57.0 Å². The van der Waals surface area contributed by atoms with Gasteiger partial charge < -0.3 is 10.2 Å². The Labute approximate surface area is 194 Å². The number of aromatic nitrogens is 3. The molecule has 1 aromatic carbocycles. The summed E-state index contributed by atoms with van der Waals surface area (Å²) in [5.41, 5.74) is 8.52. The number of amides is 2. The van der Waals surface area contributed by atoms with Gasteiger partial charge in [-0.15, -0.1) is 0 Å². The van der Waals surface area contributed by atoms with Crippen LogP contribution >= 0.6 is 0 Å². The van der Waals surface area contributed by atoms with Gasteiger partial charge in [0.25, 0.3) is 11.8 Å². The second kappa shape index (κ2) is 9.17. The third-order valence-corrected chi connectivity index (χ3v) is 6.30. The molecule has 33 heavy (non-hydrogen) atoms. The molecule has 7 heteroatoms. The number of pyridine rings is 1. The summed E-state index contributed by atoms with van der Waals surface area (Å²) in [6.07, 6.45) is 3.39. The molecule has 0 saturated heterocycles. The van der Waals surface area contributed by atoms with Crippen LogP contribution in [0, 0.1) is 20.8 Å². The number of nitrogens with zero attached hydrogens (tertiary/aromatic N) is 4.